The smallest absolute Gasteiger partial charge is 0.148 e. The fraction of sp³-hybridized carbons (Fsp3) is 0.562. The minimum absolute atomic E-state index is 0.490. The molecule has 22 heavy (non-hydrogen) atoms. The summed E-state index contributed by atoms with van der Waals surface area (Å²) in [5.41, 5.74) is 3.81. The van der Waals surface area contributed by atoms with Crippen LogP contribution in [-0.2, 0) is 13.6 Å². The molecule has 0 atom stereocenters. The van der Waals surface area contributed by atoms with Crippen LogP contribution in [0.5, 0.6) is 0 Å². The van der Waals surface area contributed by atoms with E-state index in [1.165, 1.54) is 11.3 Å². The summed E-state index contributed by atoms with van der Waals surface area (Å²) in [6.07, 6.45) is 3.97. The van der Waals surface area contributed by atoms with Gasteiger partial charge in [0, 0.05) is 50.2 Å². The Labute approximate surface area is 131 Å². The Morgan fingerprint density at radius 3 is 2.64 bits per heavy atom. The molecule has 2 aromatic heterocycles. The van der Waals surface area contributed by atoms with Crippen molar-refractivity contribution < 1.29 is 0 Å². The lowest BCUT2D eigenvalue weighted by molar-refractivity contribution is 0.210. The van der Waals surface area contributed by atoms with Crippen molar-refractivity contribution in [3.8, 4) is 0 Å². The monoisotopic (exact) mass is 300 g/mol. The summed E-state index contributed by atoms with van der Waals surface area (Å²) < 4.78 is 1.98. The number of piperidine rings is 1. The Morgan fingerprint density at radius 1 is 1.27 bits per heavy atom. The van der Waals surface area contributed by atoms with Crippen molar-refractivity contribution in [2.75, 3.05) is 18.4 Å². The molecule has 0 unspecified atom stereocenters. The molecular formula is C16H24N6. The average Bonchev–Trinajstić information content (AvgIpc) is 2.77. The van der Waals surface area contributed by atoms with Gasteiger partial charge in [-0.25, -0.2) is 0 Å². The number of anilines is 1. The molecular weight excluding hydrogens is 276 g/mol. The molecule has 0 amide bonds. The highest BCUT2D eigenvalue weighted by atomic mass is 15.3. The van der Waals surface area contributed by atoms with Gasteiger partial charge in [-0.1, -0.05) is 0 Å². The SMILES string of the molecule is Cc1nn(C)c(C)c1CN1CCC(Nc2cccnn2)CC1. The van der Waals surface area contributed by atoms with Gasteiger partial charge in [0.2, 0.25) is 0 Å². The lowest BCUT2D eigenvalue weighted by Gasteiger charge is -2.32. The Bertz CT molecular complexity index is 613. The van der Waals surface area contributed by atoms with Crippen LogP contribution in [0.2, 0.25) is 0 Å². The zero-order valence-corrected chi connectivity index (χ0v) is 13.6. The first-order valence-corrected chi connectivity index (χ1v) is 7.89. The third kappa shape index (κ3) is 3.27. The lowest BCUT2D eigenvalue weighted by atomic mass is 10.0. The van der Waals surface area contributed by atoms with E-state index in [2.05, 4.69) is 39.4 Å². The molecule has 6 nitrogen and oxygen atoms in total. The molecule has 0 saturated carbocycles. The van der Waals surface area contributed by atoms with E-state index in [0.29, 0.717) is 6.04 Å². The maximum absolute atomic E-state index is 4.51. The van der Waals surface area contributed by atoms with E-state index < -0.39 is 0 Å². The molecule has 1 N–H and O–H groups in total. The molecule has 1 aliphatic heterocycles. The first-order valence-electron chi connectivity index (χ1n) is 7.89. The number of nitrogens with zero attached hydrogens (tertiary/aromatic N) is 5. The average molecular weight is 300 g/mol. The van der Waals surface area contributed by atoms with E-state index in [1.54, 1.807) is 6.20 Å². The van der Waals surface area contributed by atoms with E-state index in [-0.39, 0.29) is 0 Å². The molecule has 0 spiro atoms. The van der Waals surface area contributed by atoms with Crippen LogP contribution >= 0.6 is 0 Å². The zero-order valence-electron chi connectivity index (χ0n) is 13.6. The summed E-state index contributed by atoms with van der Waals surface area (Å²) in [5.74, 6) is 0.875. The van der Waals surface area contributed by atoms with E-state index in [4.69, 9.17) is 0 Å². The first kappa shape index (κ1) is 15.0. The van der Waals surface area contributed by atoms with Gasteiger partial charge in [-0.05, 0) is 38.8 Å². The molecule has 3 heterocycles. The highest BCUT2D eigenvalue weighted by molar-refractivity contribution is 5.33. The van der Waals surface area contributed by atoms with Crippen molar-refractivity contribution in [3.05, 3.63) is 35.3 Å². The molecule has 118 valence electrons. The fourth-order valence-electron chi connectivity index (χ4n) is 3.09. The lowest BCUT2D eigenvalue weighted by Crippen LogP contribution is -2.39. The summed E-state index contributed by atoms with van der Waals surface area (Å²) >= 11 is 0. The van der Waals surface area contributed by atoms with Crippen LogP contribution in [0.4, 0.5) is 5.82 Å². The van der Waals surface area contributed by atoms with Crippen molar-refractivity contribution >= 4 is 5.82 Å². The highest BCUT2D eigenvalue weighted by Gasteiger charge is 2.21. The van der Waals surface area contributed by atoms with Gasteiger partial charge in [0.1, 0.15) is 5.82 Å². The van der Waals surface area contributed by atoms with Gasteiger partial charge in [-0.3, -0.25) is 9.58 Å². The van der Waals surface area contributed by atoms with Crippen LogP contribution in [0.15, 0.2) is 18.3 Å². The minimum Gasteiger partial charge on any atom is -0.366 e. The molecule has 2 aromatic rings. The topological polar surface area (TPSA) is 58.9 Å². The molecule has 1 saturated heterocycles. The van der Waals surface area contributed by atoms with Crippen LogP contribution in [0.25, 0.3) is 0 Å². The number of hydrogen-bond donors (Lipinski definition) is 1. The van der Waals surface area contributed by atoms with Crippen LogP contribution < -0.4 is 5.32 Å². The van der Waals surface area contributed by atoms with Gasteiger partial charge in [-0.15, -0.1) is 5.10 Å². The fourth-order valence-corrected chi connectivity index (χ4v) is 3.09. The highest BCUT2D eigenvalue weighted by Crippen LogP contribution is 2.19. The number of nitrogens with one attached hydrogen (secondary N) is 1. The van der Waals surface area contributed by atoms with Crippen molar-refractivity contribution in [2.45, 2.75) is 39.3 Å². The summed E-state index contributed by atoms with van der Waals surface area (Å²) in [6.45, 7) is 7.46. The van der Waals surface area contributed by atoms with Gasteiger partial charge in [-0.2, -0.15) is 10.2 Å². The van der Waals surface area contributed by atoms with Crippen molar-refractivity contribution in [1.29, 1.82) is 0 Å². The predicted octanol–water partition coefficient (Wildman–Crippen LogP) is 1.90. The van der Waals surface area contributed by atoms with Gasteiger partial charge in [0.25, 0.3) is 0 Å². The second-order valence-electron chi connectivity index (χ2n) is 6.08. The molecule has 0 aromatic carbocycles. The normalized spacial score (nSPS) is 16.9. The molecule has 1 fully saturated rings. The van der Waals surface area contributed by atoms with E-state index in [1.807, 2.05) is 23.9 Å². The maximum Gasteiger partial charge on any atom is 0.148 e. The Morgan fingerprint density at radius 2 is 2.05 bits per heavy atom. The number of aromatic nitrogens is 4. The Balaban J connectivity index is 1.53. The Kier molecular flexibility index (Phi) is 4.38. The summed E-state index contributed by atoms with van der Waals surface area (Å²) in [7, 11) is 2.02. The number of rotatable bonds is 4. The second kappa shape index (κ2) is 6.44. The molecule has 1 aliphatic rings. The summed E-state index contributed by atoms with van der Waals surface area (Å²) in [4.78, 5) is 2.52. The summed E-state index contributed by atoms with van der Waals surface area (Å²) in [6, 6.07) is 4.38. The van der Waals surface area contributed by atoms with Gasteiger partial charge in [0.05, 0.1) is 5.69 Å². The third-order valence-corrected chi connectivity index (χ3v) is 4.55. The minimum atomic E-state index is 0.490. The summed E-state index contributed by atoms with van der Waals surface area (Å²) in [5, 5.41) is 16.0. The molecule has 0 bridgehead atoms. The second-order valence-corrected chi connectivity index (χ2v) is 6.08. The number of aryl methyl sites for hydroxylation is 2. The van der Waals surface area contributed by atoms with Crippen LogP contribution in [0.1, 0.15) is 29.8 Å². The molecule has 0 radical (unpaired) electrons. The third-order valence-electron chi connectivity index (χ3n) is 4.55. The quantitative estimate of drug-likeness (QED) is 0.934. The van der Waals surface area contributed by atoms with E-state index in [9.17, 15) is 0 Å². The number of hydrogen-bond acceptors (Lipinski definition) is 5. The maximum atomic E-state index is 4.51. The molecule has 6 heteroatoms. The predicted molar refractivity (Wildman–Crippen MR) is 86.6 cm³/mol. The zero-order chi connectivity index (χ0) is 15.5. The molecule has 3 rings (SSSR count). The van der Waals surface area contributed by atoms with E-state index in [0.717, 1.165) is 44.0 Å². The standard InChI is InChI=1S/C16H24N6/c1-12-15(13(2)21(3)20-12)11-22-9-6-14(7-10-22)18-16-5-4-8-17-19-16/h4-5,8,14H,6-7,9-11H2,1-3H3,(H,18,19). The van der Waals surface area contributed by atoms with Crippen molar-refractivity contribution in [3.63, 3.8) is 0 Å². The molecule has 0 aliphatic carbocycles. The first-order chi connectivity index (χ1) is 10.6. The Hall–Kier alpha value is -1.95. The van der Waals surface area contributed by atoms with E-state index >= 15 is 0 Å². The van der Waals surface area contributed by atoms with Crippen LogP contribution in [0, 0.1) is 13.8 Å². The van der Waals surface area contributed by atoms with Gasteiger partial charge >= 0.3 is 0 Å². The van der Waals surface area contributed by atoms with Crippen LogP contribution in [-0.4, -0.2) is 44.0 Å². The number of likely N-dealkylation sites (tertiary alicyclic amines) is 1. The van der Waals surface area contributed by atoms with Gasteiger partial charge < -0.3 is 5.32 Å². The van der Waals surface area contributed by atoms with Crippen LogP contribution in [0.3, 0.4) is 0 Å². The van der Waals surface area contributed by atoms with Crippen molar-refractivity contribution in [1.82, 2.24) is 24.9 Å². The van der Waals surface area contributed by atoms with Crippen molar-refractivity contribution in [2.24, 2.45) is 7.05 Å². The largest absolute Gasteiger partial charge is 0.366 e. The van der Waals surface area contributed by atoms with Gasteiger partial charge in [0.15, 0.2) is 0 Å².